The van der Waals surface area contributed by atoms with Crippen molar-refractivity contribution in [3.05, 3.63) is 33.4 Å². The van der Waals surface area contributed by atoms with Crippen LogP contribution >= 0.6 is 27.3 Å². The van der Waals surface area contributed by atoms with E-state index < -0.39 is 0 Å². The Morgan fingerprint density at radius 1 is 1.38 bits per heavy atom. The molecule has 0 aliphatic carbocycles. The van der Waals surface area contributed by atoms with Crippen molar-refractivity contribution in [3.63, 3.8) is 0 Å². The van der Waals surface area contributed by atoms with Gasteiger partial charge in [-0.05, 0) is 45.4 Å². The average Bonchev–Trinajstić information content (AvgIpc) is 2.46. The van der Waals surface area contributed by atoms with Gasteiger partial charge in [0.25, 0.3) is 0 Å². The molecule has 1 aromatic carbocycles. The van der Waals surface area contributed by atoms with Gasteiger partial charge in [-0.2, -0.15) is 0 Å². The number of halogens is 2. The van der Waals surface area contributed by atoms with Gasteiger partial charge in [0.1, 0.15) is 5.82 Å². The molecule has 0 fully saturated rings. The Balaban J connectivity index is 2.75. The zero-order chi connectivity index (χ0) is 9.42. The summed E-state index contributed by atoms with van der Waals surface area (Å²) in [5, 5.41) is 0.994. The minimum absolute atomic E-state index is 0.106. The van der Waals surface area contributed by atoms with E-state index in [4.69, 9.17) is 0 Å². The van der Waals surface area contributed by atoms with Crippen molar-refractivity contribution in [1.82, 2.24) is 0 Å². The molecule has 0 aliphatic rings. The van der Waals surface area contributed by atoms with Gasteiger partial charge in [0.05, 0.1) is 8.49 Å². The van der Waals surface area contributed by atoms with E-state index in [0.717, 1.165) is 25.9 Å². The Bertz CT molecular complexity index is 447. The Morgan fingerprint density at radius 2 is 2.15 bits per heavy atom. The van der Waals surface area contributed by atoms with Crippen molar-refractivity contribution in [2.24, 2.45) is 0 Å². The third-order valence-electron chi connectivity index (χ3n) is 2.01. The summed E-state index contributed by atoms with van der Waals surface area (Å²) in [4.78, 5) is 0. The minimum atomic E-state index is -0.106. The standard InChI is InChI=1S/C10H8BrFS/c1-2-6-3-7-5-9(11)13-10(7)8(12)4-6/h3-5H,2H2,1H3. The molecule has 1 heterocycles. The molecule has 1 aromatic heterocycles. The molecule has 0 nitrogen and oxygen atoms in total. The van der Waals surface area contributed by atoms with E-state index in [2.05, 4.69) is 15.9 Å². The van der Waals surface area contributed by atoms with Gasteiger partial charge in [-0.3, -0.25) is 0 Å². The highest BCUT2D eigenvalue weighted by Gasteiger charge is 2.06. The van der Waals surface area contributed by atoms with Crippen molar-refractivity contribution in [3.8, 4) is 0 Å². The lowest BCUT2D eigenvalue weighted by Crippen LogP contribution is -1.82. The van der Waals surface area contributed by atoms with Crippen LogP contribution in [0, 0.1) is 5.82 Å². The van der Waals surface area contributed by atoms with Crippen LogP contribution in [-0.4, -0.2) is 0 Å². The molecule has 0 aliphatic heterocycles. The fourth-order valence-electron chi connectivity index (χ4n) is 1.34. The van der Waals surface area contributed by atoms with Gasteiger partial charge in [0.2, 0.25) is 0 Å². The van der Waals surface area contributed by atoms with Crippen LogP contribution in [0.1, 0.15) is 12.5 Å². The van der Waals surface area contributed by atoms with Crippen molar-refractivity contribution < 1.29 is 4.39 Å². The second-order valence-electron chi connectivity index (χ2n) is 2.90. The summed E-state index contributed by atoms with van der Waals surface area (Å²) in [6, 6.07) is 5.62. The molecule has 0 spiro atoms. The van der Waals surface area contributed by atoms with Gasteiger partial charge in [0, 0.05) is 0 Å². The highest BCUT2D eigenvalue weighted by atomic mass is 79.9. The zero-order valence-electron chi connectivity index (χ0n) is 7.10. The molecule has 0 saturated heterocycles. The Labute approximate surface area is 88.5 Å². The number of rotatable bonds is 1. The van der Waals surface area contributed by atoms with E-state index >= 15 is 0 Å². The summed E-state index contributed by atoms with van der Waals surface area (Å²) in [6.07, 6.45) is 0.875. The molecule has 68 valence electrons. The van der Waals surface area contributed by atoms with Crippen LogP contribution in [0.15, 0.2) is 22.0 Å². The third kappa shape index (κ3) is 1.63. The van der Waals surface area contributed by atoms with E-state index in [9.17, 15) is 4.39 Å². The molecule has 2 rings (SSSR count). The van der Waals surface area contributed by atoms with Crippen molar-refractivity contribution in [2.45, 2.75) is 13.3 Å². The molecular weight excluding hydrogens is 251 g/mol. The first-order valence-corrected chi connectivity index (χ1v) is 5.69. The van der Waals surface area contributed by atoms with Gasteiger partial charge < -0.3 is 0 Å². The largest absolute Gasteiger partial charge is 0.205 e. The van der Waals surface area contributed by atoms with Gasteiger partial charge >= 0.3 is 0 Å². The maximum Gasteiger partial charge on any atom is 0.141 e. The van der Waals surface area contributed by atoms with E-state index in [1.54, 1.807) is 6.07 Å². The van der Waals surface area contributed by atoms with E-state index in [0.29, 0.717) is 0 Å². The van der Waals surface area contributed by atoms with Gasteiger partial charge in [-0.15, -0.1) is 11.3 Å². The van der Waals surface area contributed by atoms with Gasteiger partial charge in [-0.25, -0.2) is 4.39 Å². The first kappa shape index (κ1) is 9.16. The molecule has 0 amide bonds. The summed E-state index contributed by atoms with van der Waals surface area (Å²) < 4.78 is 15.2. The molecule has 3 heteroatoms. The topological polar surface area (TPSA) is 0 Å². The third-order valence-corrected chi connectivity index (χ3v) is 3.67. The highest BCUT2D eigenvalue weighted by Crippen LogP contribution is 2.32. The number of thiophene rings is 1. The van der Waals surface area contributed by atoms with Gasteiger partial charge in [0.15, 0.2) is 0 Å². The van der Waals surface area contributed by atoms with Crippen LogP contribution in [-0.2, 0) is 6.42 Å². The second-order valence-corrected chi connectivity index (χ2v) is 5.33. The predicted octanol–water partition coefficient (Wildman–Crippen LogP) is 4.37. The van der Waals surface area contributed by atoms with Crippen molar-refractivity contribution in [1.29, 1.82) is 0 Å². The fraction of sp³-hybridized carbons (Fsp3) is 0.200. The van der Waals surface area contributed by atoms with E-state index in [1.165, 1.54) is 11.3 Å². The normalized spacial score (nSPS) is 11.0. The maximum atomic E-state index is 13.4. The van der Waals surface area contributed by atoms with Crippen LogP contribution in [0.3, 0.4) is 0 Å². The molecular formula is C10H8BrFS. The summed E-state index contributed by atoms with van der Waals surface area (Å²) >= 11 is 4.80. The van der Waals surface area contributed by atoms with Crippen molar-refractivity contribution >= 4 is 37.4 Å². The molecule has 0 bridgehead atoms. The first-order valence-electron chi connectivity index (χ1n) is 4.08. The number of aryl methyl sites for hydroxylation is 1. The van der Waals surface area contributed by atoms with Crippen LogP contribution in [0.4, 0.5) is 4.39 Å². The summed E-state index contributed by atoms with van der Waals surface area (Å²) in [7, 11) is 0. The smallest absolute Gasteiger partial charge is 0.141 e. The van der Waals surface area contributed by atoms with Crippen LogP contribution < -0.4 is 0 Å². The zero-order valence-corrected chi connectivity index (χ0v) is 9.51. The van der Waals surface area contributed by atoms with E-state index in [1.807, 2.05) is 19.1 Å². The Hall–Kier alpha value is -0.410. The number of benzene rings is 1. The summed E-state index contributed by atoms with van der Waals surface area (Å²) in [5.74, 6) is -0.106. The molecule has 0 N–H and O–H groups in total. The first-order chi connectivity index (χ1) is 6.20. The monoisotopic (exact) mass is 258 g/mol. The van der Waals surface area contributed by atoms with Crippen molar-refractivity contribution in [2.75, 3.05) is 0 Å². The number of fused-ring (bicyclic) bond motifs is 1. The second kappa shape index (κ2) is 3.39. The maximum absolute atomic E-state index is 13.4. The lowest BCUT2D eigenvalue weighted by Gasteiger charge is -1.97. The lowest BCUT2D eigenvalue weighted by molar-refractivity contribution is 0.640. The summed E-state index contributed by atoms with van der Waals surface area (Å²) in [5.41, 5.74) is 1.05. The molecule has 0 unspecified atom stereocenters. The average molecular weight is 259 g/mol. The summed E-state index contributed by atoms with van der Waals surface area (Å²) in [6.45, 7) is 2.03. The number of hydrogen-bond acceptors (Lipinski definition) is 1. The van der Waals surface area contributed by atoms with Crippen LogP contribution in [0.5, 0.6) is 0 Å². The molecule has 0 radical (unpaired) electrons. The highest BCUT2D eigenvalue weighted by molar-refractivity contribution is 9.11. The lowest BCUT2D eigenvalue weighted by atomic mass is 10.1. The van der Waals surface area contributed by atoms with Gasteiger partial charge in [-0.1, -0.05) is 13.0 Å². The Morgan fingerprint density at radius 3 is 2.85 bits per heavy atom. The van der Waals surface area contributed by atoms with E-state index in [-0.39, 0.29) is 5.82 Å². The molecule has 2 aromatic rings. The Kier molecular flexibility index (Phi) is 2.39. The molecule has 13 heavy (non-hydrogen) atoms. The quantitative estimate of drug-likeness (QED) is 0.713. The number of hydrogen-bond donors (Lipinski definition) is 0. The SMILES string of the molecule is CCc1cc(F)c2sc(Br)cc2c1. The van der Waals surface area contributed by atoms with Crippen LogP contribution in [0.25, 0.3) is 10.1 Å². The predicted molar refractivity (Wildman–Crippen MR) is 58.9 cm³/mol. The minimum Gasteiger partial charge on any atom is -0.205 e. The molecule has 0 saturated carbocycles. The van der Waals surface area contributed by atoms with Crippen LogP contribution in [0.2, 0.25) is 0 Å². The molecule has 0 atom stereocenters. The fourth-order valence-corrected chi connectivity index (χ4v) is 2.85.